The molecule has 0 fully saturated rings. The number of ether oxygens (including phenoxy) is 1. The Bertz CT molecular complexity index is 1010. The van der Waals surface area contributed by atoms with Gasteiger partial charge in [0.15, 0.2) is 0 Å². The molecule has 3 aromatic rings. The third kappa shape index (κ3) is 4.00. The van der Waals surface area contributed by atoms with Crippen LogP contribution in [-0.4, -0.2) is 15.4 Å². The molecular formula is C18H14Cl2N2O3. The molecule has 128 valence electrons. The average Bonchev–Trinajstić information content (AvgIpc) is 2.57. The lowest BCUT2D eigenvalue weighted by atomic mass is 10.1. The van der Waals surface area contributed by atoms with Crippen molar-refractivity contribution >= 4 is 34.8 Å². The lowest BCUT2D eigenvalue weighted by Crippen LogP contribution is -2.17. The van der Waals surface area contributed by atoms with Crippen molar-refractivity contribution in [2.75, 3.05) is 0 Å². The Kier molecular flexibility index (Phi) is 5.06. The zero-order valence-corrected chi connectivity index (χ0v) is 14.8. The summed E-state index contributed by atoms with van der Waals surface area (Å²) in [5.74, 6) is -0.440. The van der Waals surface area contributed by atoms with Gasteiger partial charge in [0.25, 0.3) is 5.56 Å². The first-order valence-electron chi connectivity index (χ1n) is 7.51. The molecule has 0 aliphatic carbocycles. The Labute approximate surface area is 153 Å². The number of carbonyl (C=O) groups is 1. The number of pyridine rings is 1. The maximum Gasteiger partial charge on any atom is 0.310 e. The number of rotatable bonds is 4. The Morgan fingerprint density at radius 1 is 1.20 bits per heavy atom. The summed E-state index contributed by atoms with van der Waals surface area (Å²) < 4.78 is 6.67. The van der Waals surface area contributed by atoms with Crippen LogP contribution in [0, 0.1) is 6.92 Å². The van der Waals surface area contributed by atoms with Crippen LogP contribution in [-0.2, 0) is 22.6 Å². The normalized spacial score (nSPS) is 10.8. The summed E-state index contributed by atoms with van der Waals surface area (Å²) in [4.78, 5) is 28.5. The van der Waals surface area contributed by atoms with Crippen LogP contribution >= 0.6 is 23.2 Å². The van der Waals surface area contributed by atoms with E-state index >= 15 is 0 Å². The highest BCUT2D eigenvalue weighted by atomic mass is 35.5. The molecule has 0 saturated carbocycles. The lowest BCUT2D eigenvalue weighted by molar-refractivity contribution is -0.144. The molecule has 0 radical (unpaired) electrons. The van der Waals surface area contributed by atoms with Gasteiger partial charge in [-0.25, -0.2) is 4.98 Å². The molecule has 3 rings (SSSR count). The van der Waals surface area contributed by atoms with Crippen LogP contribution in [0.3, 0.4) is 0 Å². The number of hydrogen-bond donors (Lipinski definition) is 0. The molecule has 0 spiro atoms. The molecule has 0 aliphatic heterocycles. The highest BCUT2D eigenvalue weighted by Gasteiger charge is 2.10. The monoisotopic (exact) mass is 376 g/mol. The first kappa shape index (κ1) is 17.5. The van der Waals surface area contributed by atoms with Crippen molar-refractivity contribution in [2.45, 2.75) is 20.0 Å². The third-order valence-corrected chi connectivity index (χ3v) is 4.39. The van der Waals surface area contributed by atoms with Crippen molar-refractivity contribution in [1.82, 2.24) is 9.38 Å². The van der Waals surface area contributed by atoms with Gasteiger partial charge in [-0.05, 0) is 36.2 Å². The van der Waals surface area contributed by atoms with Crippen molar-refractivity contribution in [3.63, 3.8) is 0 Å². The second-order valence-electron chi connectivity index (χ2n) is 5.56. The van der Waals surface area contributed by atoms with Gasteiger partial charge in [0.05, 0.1) is 22.2 Å². The van der Waals surface area contributed by atoms with E-state index in [2.05, 4.69) is 4.98 Å². The first-order valence-corrected chi connectivity index (χ1v) is 8.27. The van der Waals surface area contributed by atoms with Crippen molar-refractivity contribution in [3.8, 4) is 0 Å². The van der Waals surface area contributed by atoms with Crippen molar-refractivity contribution in [2.24, 2.45) is 0 Å². The molecule has 0 amide bonds. The van der Waals surface area contributed by atoms with Gasteiger partial charge in [0.1, 0.15) is 12.3 Å². The maximum absolute atomic E-state index is 12.1. The Hall–Kier alpha value is -2.37. The van der Waals surface area contributed by atoms with Crippen molar-refractivity contribution in [1.29, 1.82) is 0 Å². The molecule has 1 aromatic carbocycles. The predicted molar refractivity (Wildman–Crippen MR) is 96.2 cm³/mol. The van der Waals surface area contributed by atoms with E-state index in [0.29, 0.717) is 26.9 Å². The average molecular weight is 377 g/mol. The Morgan fingerprint density at radius 2 is 2.00 bits per heavy atom. The van der Waals surface area contributed by atoms with E-state index in [4.69, 9.17) is 27.9 Å². The minimum absolute atomic E-state index is 0.0580. The van der Waals surface area contributed by atoms with Crippen LogP contribution in [0.1, 0.15) is 16.8 Å². The highest BCUT2D eigenvalue weighted by molar-refractivity contribution is 6.42. The summed E-state index contributed by atoms with van der Waals surface area (Å²) in [6.45, 7) is 1.79. The molecule has 0 unspecified atom stereocenters. The third-order valence-electron chi connectivity index (χ3n) is 3.65. The summed E-state index contributed by atoms with van der Waals surface area (Å²) in [5.41, 5.74) is 2.29. The van der Waals surface area contributed by atoms with E-state index in [0.717, 1.165) is 5.56 Å². The van der Waals surface area contributed by atoms with Gasteiger partial charge in [0.2, 0.25) is 0 Å². The molecule has 0 bridgehead atoms. The van der Waals surface area contributed by atoms with Crippen LogP contribution < -0.4 is 5.56 Å². The van der Waals surface area contributed by atoms with Crippen LogP contribution in [0.2, 0.25) is 10.0 Å². The molecule has 7 heteroatoms. The van der Waals surface area contributed by atoms with Crippen LogP contribution in [0.4, 0.5) is 0 Å². The smallest absolute Gasteiger partial charge is 0.310 e. The second-order valence-corrected chi connectivity index (χ2v) is 6.37. The van der Waals surface area contributed by atoms with Crippen LogP contribution in [0.15, 0.2) is 47.4 Å². The van der Waals surface area contributed by atoms with E-state index in [1.54, 1.807) is 30.5 Å². The zero-order valence-electron chi connectivity index (χ0n) is 13.3. The van der Waals surface area contributed by atoms with E-state index in [1.807, 2.05) is 13.0 Å². The number of aromatic nitrogens is 2. The molecule has 5 nitrogen and oxygen atoms in total. The maximum atomic E-state index is 12.1. The number of fused-ring (bicyclic) bond motifs is 1. The van der Waals surface area contributed by atoms with Crippen molar-refractivity contribution < 1.29 is 9.53 Å². The lowest BCUT2D eigenvalue weighted by Gasteiger charge is -2.08. The quantitative estimate of drug-likeness (QED) is 0.652. The summed E-state index contributed by atoms with van der Waals surface area (Å²) in [7, 11) is 0. The number of hydrogen-bond acceptors (Lipinski definition) is 4. The SMILES string of the molecule is Cc1cccn2c(=O)cc(COC(=O)Cc3ccc(Cl)c(Cl)c3)nc12. The number of nitrogens with zero attached hydrogens (tertiary/aromatic N) is 2. The number of carbonyl (C=O) groups excluding carboxylic acids is 1. The standard InChI is InChI=1S/C18H14Cl2N2O3/c1-11-3-2-6-22-16(23)9-13(21-18(11)22)10-25-17(24)8-12-4-5-14(19)15(20)7-12/h2-7,9H,8,10H2,1H3. The summed E-state index contributed by atoms with van der Waals surface area (Å²) >= 11 is 11.8. The first-order chi connectivity index (χ1) is 11.9. The number of benzene rings is 1. The fourth-order valence-corrected chi connectivity index (χ4v) is 2.73. The number of aryl methyl sites for hydroxylation is 1. The zero-order chi connectivity index (χ0) is 18.0. The fourth-order valence-electron chi connectivity index (χ4n) is 2.40. The molecule has 2 aromatic heterocycles. The van der Waals surface area contributed by atoms with E-state index in [9.17, 15) is 9.59 Å². The molecule has 0 saturated heterocycles. The molecule has 2 heterocycles. The minimum atomic E-state index is -0.440. The minimum Gasteiger partial charge on any atom is -0.459 e. The van der Waals surface area contributed by atoms with Crippen LogP contribution in [0.25, 0.3) is 5.65 Å². The predicted octanol–water partition coefficient (Wildman–Crippen LogP) is 3.60. The van der Waals surface area contributed by atoms with E-state index in [-0.39, 0.29) is 18.6 Å². The number of halogens is 2. The Balaban J connectivity index is 1.71. The van der Waals surface area contributed by atoms with Crippen LogP contribution in [0.5, 0.6) is 0 Å². The van der Waals surface area contributed by atoms with Gasteiger partial charge in [0, 0.05) is 12.3 Å². The highest BCUT2D eigenvalue weighted by Crippen LogP contribution is 2.22. The number of esters is 1. The largest absolute Gasteiger partial charge is 0.459 e. The molecule has 0 atom stereocenters. The topological polar surface area (TPSA) is 60.7 Å². The van der Waals surface area contributed by atoms with Gasteiger partial charge in [-0.1, -0.05) is 35.3 Å². The fraction of sp³-hybridized carbons (Fsp3) is 0.167. The summed E-state index contributed by atoms with van der Waals surface area (Å²) in [5, 5.41) is 0.807. The van der Waals surface area contributed by atoms with Crippen molar-refractivity contribution in [3.05, 3.63) is 79.8 Å². The van der Waals surface area contributed by atoms with Gasteiger partial charge in [-0.3, -0.25) is 14.0 Å². The molecule has 25 heavy (non-hydrogen) atoms. The summed E-state index contributed by atoms with van der Waals surface area (Å²) in [6, 6.07) is 9.96. The van der Waals surface area contributed by atoms with Gasteiger partial charge in [-0.2, -0.15) is 0 Å². The second kappa shape index (κ2) is 7.25. The molecule has 0 aliphatic rings. The van der Waals surface area contributed by atoms with E-state index < -0.39 is 5.97 Å². The van der Waals surface area contributed by atoms with Gasteiger partial charge >= 0.3 is 5.97 Å². The summed E-state index contributed by atoms with van der Waals surface area (Å²) in [6.07, 6.45) is 1.71. The van der Waals surface area contributed by atoms with Gasteiger partial charge < -0.3 is 4.74 Å². The molecular weight excluding hydrogens is 363 g/mol. The van der Waals surface area contributed by atoms with Gasteiger partial charge in [-0.15, -0.1) is 0 Å². The van der Waals surface area contributed by atoms with E-state index in [1.165, 1.54) is 10.5 Å². The Morgan fingerprint density at radius 3 is 2.76 bits per heavy atom. The molecule has 0 N–H and O–H groups in total.